The van der Waals surface area contributed by atoms with Crippen molar-refractivity contribution >= 4 is 27.5 Å². The fourth-order valence-corrected chi connectivity index (χ4v) is 6.44. The van der Waals surface area contributed by atoms with E-state index >= 15 is 0 Å². The lowest BCUT2D eigenvalue weighted by atomic mass is 10.1. The number of ether oxygens (including phenoxy) is 2. The summed E-state index contributed by atoms with van der Waals surface area (Å²) in [6.07, 6.45) is 3.94. The largest absolute Gasteiger partial charge is 0.497 e. The molecule has 3 aromatic carbocycles. The Morgan fingerprint density at radius 3 is 2.14 bits per heavy atom. The molecule has 0 heterocycles. The van der Waals surface area contributed by atoms with E-state index in [2.05, 4.69) is 5.32 Å². The summed E-state index contributed by atoms with van der Waals surface area (Å²) in [6.45, 7) is 3.61. The Balaban J connectivity index is 1.65. The number of methoxy groups -OCH3 is 1. The summed E-state index contributed by atoms with van der Waals surface area (Å²) in [4.78, 5) is 28.8. The summed E-state index contributed by atoms with van der Waals surface area (Å²) in [6, 6.07) is 21.1. The van der Waals surface area contributed by atoms with Crippen LogP contribution in [0.25, 0.3) is 0 Å². The number of anilines is 1. The molecule has 0 aromatic heterocycles. The molecule has 4 rings (SSSR count). The minimum absolute atomic E-state index is 0.0244. The van der Waals surface area contributed by atoms with Gasteiger partial charge in [-0.2, -0.15) is 0 Å². The van der Waals surface area contributed by atoms with Crippen molar-refractivity contribution in [1.29, 1.82) is 0 Å². The van der Waals surface area contributed by atoms with E-state index in [0.29, 0.717) is 23.8 Å². The predicted octanol–water partition coefficient (Wildman–Crippen LogP) is 4.77. The zero-order valence-corrected chi connectivity index (χ0v) is 25.2. The molecular weight excluding hydrogens is 554 g/mol. The summed E-state index contributed by atoms with van der Waals surface area (Å²) < 4.78 is 39.7. The van der Waals surface area contributed by atoms with Gasteiger partial charge in [-0.05, 0) is 80.8 Å². The number of carbonyl (C=O) groups excluding carboxylic acids is 2. The Kier molecular flexibility index (Phi) is 10.5. The number of hydrogen-bond acceptors (Lipinski definition) is 6. The van der Waals surface area contributed by atoms with E-state index in [1.807, 2.05) is 19.1 Å². The van der Waals surface area contributed by atoms with Gasteiger partial charge in [-0.15, -0.1) is 0 Å². The van der Waals surface area contributed by atoms with Crippen molar-refractivity contribution in [3.8, 4) is 11.5 Å². The van der Waals surface area contributed by atoms with Crippen LogP contribution in [0.5, 0.6) is 11.5 Å². The molecule has 0 saturated heterocycles. The van der Waals surface area contributed by atoms with Crippen molar-refractivity contribution in [1.82, 2.24) is 10.2 Å². The first kappa shape index (κ1) is 30.9. The number of hydrogen-bond donors (Lipinski definition) is 1. The number of para-hydroxylation sites is 1. The molecule has 1 aliphatic carbocycles. The molecule has 1 fully saturated rings. The number of nitrogens with zero attached hydrogens (tertiary/aromatic N) is 2. The highest BCUT2D eigenvalue weighted by Crippen LogP contribution is 2.26. The quantitative estimate of drug-likeness (QED) is 0.306. The summed E-state index contributed by atoms with van der Waals surface area (Å²) in [7, 11) is -2.57. The third-order valence-corrected chi connectivity index (χ3v) is 9.21. The maximum atomic E-state index is 14.0. The fourth-order valence-electron chi connectivity index (χ4n) is 5.03. The van der Waals surface area contributed by atoms with Crippen molar-refractivity contribution in [3.63, 3.8) is 0 Å². The van der Waals surface area contributed by atoms with Gasteiger partial charge in [0.2, 0.25) is 11.8 Å². The molecule has 1 N–H and O–H groups in total. The number of rotatable bonds is 13. The van der Waals surface area contributed by atoms with Gasteiger partial charge in [-0.3, -0.25) is 13.9 Å². The number of nitrogens with one attached hydrogen (secondary N) is 1. The lowest BCUT2D eigenvalue weighted by molar-refractivity contribution is -0.139. The molecule has 42 heavy (non-hydrogen) atoms. The van der Waals surface area contributed by atoms with Crippen LogP contribution in [0.15, 0.2) is 83.8 Å². The van der Waals surface area contributed by atoms with Gasteiger partial charge in [0.15, 0.2) is 0 Å². The topological polar surface area (TPSA) is 105 Å². The van der Waals surface area contributed by atoms with E-state index in [9.17, 15) is 18.0 Å². The molecule has 2 amide bonds. The van der Waals surface area contributed by atoms with Crippen LogP contribution in [0.4, 0.5) is 5.69 Å². The first-order valence-electron chi connectivity index (χ1n) is 14.3. The number of benzene rings is 3. The standard InChI is InChI=1S/C32H39N3O6S/c1-4-41-29-18-20-30(21-19-29)42(38,39)35(27-12-6-5-7-13-27)23-31(36)34(22-25-14-16-28(40-3)17-15-25)24(2)32(37)33-26-10-8-9-11-26/h5-7,12-21,24,26H,4,8-11,22-23H2,1-3H3,(H,33,37)/t24-/m0/s1. The molecule has 10 heteroatoms. The first-order chi connectivity index (χ1) is 20.2. The maximum absolute atomic E-state index is 14.0. The fraction of sp³-hybridized carbons (Fsp3) is 0.375. The van der Waals surface area contributed by atoms with E-state index < -0.39 is 28.5 Å². The van der Waals surface area contributed by atoms with Gasteiger partial charge in [0.05, 0.1) is 24.3 Å². The van der Waals surface area contributed by atoms with Gasteiger partial charge in [0.1, 0.15) is 24.1 Å². The molecule has 0 radical (unpaired) electrons. The minimum atomic E-state index is -4.15. The summed E-state index contributed by atoms with van der Waals surface area (Å²) in [5.41, 5.74) is 1.12. The summed E-state index contributed by atoms with van der Waals surface area (Å²) >= 11 is 0. The van der Waals surface area contributed by atoms with Crippen LogP contribution in [-0.2, 0) is 26.2 Å². The third kappa shape index (κ3) is 7.61. The Morgan fingerprint density at radius 2 is 1.55 bits per heavy atom. The van der Waals surface area contributed by atoms with E-state index in [0.717, 1.165) is 35.6 Å². The molecule has 0 aliphatic heterocycles. The first-order valence-corrected chi connectivity index (χ1v) is 15.7. The van der Waals surface area contributed by atoms with Crippen molar-refractivity contribution in [2.45, 2.75) is 63.1 Å². The minimum Gasteiger partial charge on any atom is -0.497 e. The van der Waals surface area contributed by atoms with Crippen LogP contribution in [-0.4, -0.2) is 57.5 Å². The van der Waals surface area contributed by atoms with Gasteiger partial charge >= 0.3 is 0 Å². The molecule has 224 valence electrons. The van der Waals surface area contributed by atoms with Crippen molar-refractivity contribution in [2.24, 2.45) is 0 Å². The number of amides is 2. The van der Waals surface area contributed by atoms with Gasteiger partial charge in [0, 0.05) is 12.6 Å². The Labute approximate surface area is 248 Å². The highest BCUT2D eigenvalue weighted by Gasteiger charge is 2.33. The molecule has 1 saturated carbocycles. The van der Waals surface area contributed by atoms with E-state index in [-0.39, 0.29) is 23.4 Å². The molecule has 0 unspecified atom stereocenters. The van der Waals surface area contributed by atoms with Gasteiger partial charge in [0.25, 0.3) is 10.0 Å². The summed E-state index contributed by atoms with van der Waals surface area (Å²) in [5, 5.41) is 3.08. The van der Waals surface area contributed by atoms with Gasteiger partial charge in [-0.1, -0.05) is 43.2 Å². The van der Waals surface area contributed by atoms with Crippen LogP contribution in [0, 0.1) is 0 Å². The monoisotopic (exact) mass is 593 g/mol. The molecule has 1 atom stereocenters. The Morgan fingerprint density at radius 1 is 0.929 bits per heavy atom. The molecule has 3 aromatic rings. The highest BCUT2D eigenvalue weighted by atomic mass is 32.2. The van der Waals surface area contributed by atoms with E-state index in [1.54, 1.807) is 68.6 Å². The predicted molar refractivity (Wildman–Crippen MR) is 162 cm³/mol. The maximum Gasteiger partial charge on any atom is 0.264 e. The molecule has 1 aliphatic rings. The zero-order valence-electron chi connectivity index (χ0n) is 24.4. The summed E-state index contributed by atoms with van der Waals surface area (Å²) in [5.74, 6) is 0.453. The zero-order chi connectivity index (χ0) is 30.1. The highest BCUT2D eigenvalue weighted by molar-refractivity contribution is 7.92. The number of carbonyl (C=O) groups is 2. The average Bonchev–Trinajstić information content (AvgIpc) is 3.52. The van der Waals surface area contributed by atoms with Gasteiger partial charge < -0.3 is 19.7 Å². The van der Waals surface area contributed by atoms with Crippen LogP contribution < -0.4 is 19.1 Å². The second-order valence-corrected chi connectivity index (χ2v) is 12.1. The normalized spacial score (nSPS) is 14.2. The van der Waals surface area contributed by atoms with Crippen molar-refractivity contribution < 1.29 is 27.5 Å². The van der Waals surface area contributed by atoms with Crippen LogP contribution >= 0.6 is 0 Å². The Hall–Kier alpha value is -4.05. The number of sulfonamides is 1. The van der Waals surface area contributed by atoms with Crippen LogP contribution in [0.2, 0.25) is 0 Å². The Bertz CT molecular complexity index is 1420. The van der Waals surface area contributed by atoms with Gasteiger partial charge in [-0.25, -0.2) is 8.42 Å². The SMILES string of the molecule is CCOc1ccc(S(=O)(=O)N(CC(=O)N(Cc2ccc(OC)cc2)[C@@H](C)C(=O)NC2CCCC2)c2ccccc2)cc1. The molecule has 9 nitrogen and oxygen atoms in total. The lowest BCUT2D eigenvalue weighted by Crippen LogP contribution is -2.52. The third-order valence-electron chi connectivity index (χ3n) is 7.43. The van der Waals surface area contributed by atoms with Crippen LogP contribution in [0.1, 0.15) is 45.1 Å². The van der Waals surface area contributed by atoms with E-state index in [4.69, 9.17) is 9.47 Å². The molecule has 0 bridgehead atoms. The second kappa shape index (κ2) is 14.2. The average molecular weight is 594 g/mol. The van der Waals surface area contributed by atoms with E-state index in [1.165, 1.54) is 17.0 Å². The van der Waals surface area contributed by atoms with Crippen molar-refractivity contribution in [3.05, 3.63) is 84.4 Å². The van der Waals surface area contributed by atoms with Crippen LogP contribution in [0.3, 0.4) is 0 Å². The lowest BCUT2D eigenvalue weighted by Gasteiger charge is -2.32. The molecule has 0 spiro atoms. The molecular formula is C32H39N3O6S. The van der Waals surface area contributed by atoms with Crippen molar-refractivity contribution in [2.75, 3.05) is 24.6 Å². The smallest absolute Gasteiger partial charge is 0.264 e. The second-order valence-electron chi connectivity index (χ2n) is 10.3.